The molecule has 3 rings (SSSR count). The molecule has 1 aliphatic carbocycles. The summed E-state index contributed by atoms with van der Waals surface area (Å²) < 4.78 is 0. The molecule has 0 bridgehead atoms. The van der Waals surface area contributed by atoms with E-state index in [1.807, 2.05) is 0 Å². The van der Waals surface area contributed by atoms with Crippen LogP contribution in [0.25, 0.3) is 0 Å². The Bertz CT molecular complexity index is 533. The molecule has 1 aliphatic heterocycles. The fourth-order valence-electron chi connectivity index (χ4n) is 3.38. The first-order chi connectivity index (χ1) is 9.95. The number of hydrogen-bond acceptors (Lipinski definition) is 2. The number of halogens is 1. The maximum absolute atomic E-state index is 9.49. The smallest absolute Gasteiger partial charge is 0.404 e. The van der Waals surface area contributed by atoms with Crippen molar-refractivity contribution in [2.24, 2.45) is 5.92 Å². The molecule has 3 atom stereocenters. The molecule has 0 aromatic heterocycles. The molecule has 0 saturated carbocycles. The van der Waals surface area contributed by atoms with E-state index in [0.717, 1.165) is 29.9 Å². The van der Waals surface area contributed by atoms with Crippen molar-refractivity contribution in [3.05, 3.63) is 33.8 Å². The second kappa shape index (κ2) is 6.67. The molecule has 116 valence electrons. The van der Waals surface area contributed by atoms with Gasteiger partial charge in [-0.25, -0.2) is 4.79 Å². The van der Waals surface area contributed by atoms with Gasteiger partial charge in [0.15, 0.2) is 0 Å². The average Bonchev–Trinajstić information content (AvgIpc) is 2.97. The lowest BCUT2D eigenvalue weighted by molar-refractivity contribution is 0.195. The topological polar surface area (TPSA) is 61.4 Å². The van der Waals surface area contributed by atoms with E-state index in [1.54, 1.807) is 12.5 Å². The predicted molar refractivity (Wildman–Crippen MR) is 85.4 cm³/mol. The van der Waals surface area contributed by atoms with E-state index in [1.165, 1.54) is 11.1 Å². The lowest BCUT2D eigenvalue weighted by Crippen LogP contribution is -2.19. The van der Waals surface area contributed by atoms with Crippen molar-refractivity contribution in [3.63, 3.8) is 0 Å². The van der Waals surface area contributed by atoms with Crippen molar-refractivity contribution < 1.29 is 9.90 Å². The Morgan fingerprint density at radius 1 is 1.43 bits per heavy atom. The van der Waals surface area contributed by atoms with Crippen LogP contribution in [0, 0.1) is 12.8 Å². The number of rotatable bonds is 1. The van der Waals surface area contributed by atoms with Crippen LogP contribution >= 0.6 is 11.6 Å². The molecule has 1 saturated heterocycles. The van der Waals surface area contributed by atoms with Gasteiger partial charge in [-0.2, -0.15) is 0 Å². The fourth-order valence-corrected chi connectivity index (χ4v) is 3.55. The van der Waals surface area contributed by atoms with Crippen LogP contribution in [0.15, 0.2) is 12.1 Å². The first-order valence-electron chi connectivity index (χ1n) is 7.43. The third-order valence-corrected chi connectivity index (χ3v) is 4.89. The van der Waals surface area contributed by atoms with Crippen molar-refractivity contribution in [3.8, 4) is 0 Å². The summed E-state index contributed by atoms with van der Waals surface area (Å²) in [5, 5.41) is 14.3. The third kappa shape index (κ3) is 3.33. The molecule has 1 heterocycles. The number of fused-ring (bicyclic) bond motifs is 3. The van der Waals surface area contributed by atoms with Crippen LogP contribution < -0.4 is 10.6 Å². The Kier molecular flexibility index (Phi) is 5.12. The molecule has 3 unspecified atom stereocenters. The monoisotopic (exact) mass is 310 g/mol. The third-order valence-electron chi connectivity index (χ3n) is 4.49. The zero-order valence-electron chi connectivity index (χ0n) is 12.7. The highest BCUT2D eigenvalue weighted by atomic mass is 35.5. The summed E-state index contributed by atoms with van der Waals surface area (Å²) in [6, 6.07) is 4.49. The first kappa shape index (κ1) is 16.1. The van der Waals surface area contributed by atoms with Gasteiger partial charge in [-0.1, -0.05) is 24.6 Å². The summed E-state index contributed by atoms with van der Waals surface area (Å²) in [5.74, 6) is 2.18. The van der Waals surface area contributed by atoms with Gasteiger partial charge >= 0.3 is 6.09 Å². The van der Waals surface area contributed by atoms with Gasteiger partial charge in [-0.05, 0) is 55.0 Å². The van der Waals surface area contributed by atoms with Crippen molar-refractivity contribution in [1.29, 1.82) is 0 Å². The van der Waals surface area contributed by atoms with Crippen LogP contribution in [0.3, 0.4) is 0 Å². The van der Waals surface area contributed by atoms with Gasteiger partial charge in [0.05, 0.1) is 0 Å². The minimum Gasteiger partial charge on any atom is -0.465 e. The highest BCUT2D eigenvalue weighted by molar-refractivity contribution is 6.31. The minimum absolute atomic E-state index is 0.481. The molecular formula is C16H23ClN2O2. The highest BCUT2D eigenvalue weighted by Gasteiger charge is 2.41. The molecule has 1 aromatic rings. The van der Waals surface area contributed by atoms with Gasteiger partial charge in [-0.3, -0.25) is 0 Å². The Morgan fingerprint density at radius 2 is 2.14 bits per heavy atom. The maximum atomic E-state index is 9.49. The molecule has 21 heavy (non-hydrogen) atoms. The zero-order valence-corrected chi connectivity index (χ0v) is 13.5. The summed E-state index contributed by atoms with van der Waals surface area (Å²) in [4.78, 5) is 9.49. The van der Waals surface area contributed by atoms with E-state index in [9.17, 15) is 4.79 Å². The Labute approximate surface area is 130 Å². The van der Waals surface area contributed by atoms with Crippen molar-refractivity contribution in [2.45, 2.75) is 32.6 Å². The normalized spacial score (nSPS) is 25.6. The van der Waals surface area contributed by atoms with Crippen molar-refractivity contribution in [1.82, 2.24) is 10.6 Å². The number of carboxylic acid groups (broad SMARTS) is 1. The van der Waals surface area contributed by atoms with Crippen LogP contribution in [0.4, 0.5) is 4.79 Å². The largest absolute Gasteiger partial charge is 0.465 e. The number of aryl methyl sites for hydroxylation is 1. The summed E-state index contributed by atoms with van der Waals surface area (Å²) in [6.45, 7) is 8.95. The number of benzene rings is 1. The second-order valence-electron chi connectivity index (χ2n) is 5.78. The van der Waals surface area contributed by atoms with Gasteiger partial charge in [0, 0.05) is 24.0 Å². The molecule has 2 aliphatic rings. The van der Waals surface area contributed by atoms with Crippen molar-refractivity contribution in [2.75, 3.05) is 19.6 Å². The molecule has 5 heteroatoms. The standard InChI is InChI=1S/C13H16ClN.C3H7NO2/c1-7-3-10-9(4-13(7)14)8(2)11-5-15-6-12(10)11;1-2-4-3(5)6/h3-4,8,11-12,15H,5-6H2,1-2H3;4H,2H2,1H3,(H,5,6). The van der Waals surface area contributed by atoms with Gasteiger partial charge in [0.1, 0.15) is 0 Å². The average molecular weight is 311 g/mol. The summed E-state index contributed by atoms with van der Waals surface area (Å²) in [6.07, 6.45) is -0.961. The SMILES string of the molecule is CCNC(=O)O.Cc1cc2c(cc1Cl)C(C)C1CNCC21. The van der Waals surface area contributed by atoms with Crippen LogP contribution in [0.2, 0.25) is 5.02 Å². The molecule has 1 amide bonds. The van der Waals surface area contributed by atoms with E-state index in [0.29, 0.717) is 12.5 Å². The summed E-state index contributed by atoms with van der Waals surface area (Å²) in [7, 11) is 0. The zero-order chi connectivity index (χ0) is 15.6. The number of nitrogens with one attached hydrogen (secondary N) is 2. The lowest BCUT2D eigenvalue weighted by Gasteiger charge is -2.12. The summed E-state index contributed by atoms with van der Waals surface area (Å²) >= 11 is 6.20. The molecule has 1 aromatic carbocycles. The van der Waals surface area contributed by atoms with Gasteiger partial charge < -0.3 is 15.7 Å². The van der Waals surface area contributed by atoms with Crippen LogP contribution in [0.1, 0.15) is 42.4 Å². The van der Waals surface area contributed by atoms with Crippen LogP contribution in [-0.2, 0) is 0 Å². The van der Waals surface area contributed by atoms with E-state index >= 15 is 0 Å². The van der Waals surface area contributed by atoms with Crippen LogP contribution in [0.5, 0.6) is 0 Å². The van der Waals surface area contributed by atoms with Crippen molar-refractivity contribution >= 4 is 17.7 Å². The van der Waals surface area contributed by atoms with E-state index in [4.69, 9.17) is 16.7 Å². The van der Waals surface area contributed by atoms with E-state index in [-0.39, 0.29) is 0 Å². The molecule has 0 radical (unpaired) electrons. The first-order valence-corrected chi connectivity index (χ1v) is 7.81. The molecule has 1 fully saturated rings. The second-order valence-corrected chi connectivity index (χ2v) is 6.19. The fraction of sp³-hybridized carbons (Fsp3) is 0.562. The number of hydrogen-bond donors (Lipinski definition) is 3. The predicted octanol–water partition coefficient (Wildman–Crippen LogP) is 3.34. The minimum atomic E-state index is -0.961. The number of carbonyl (C=O) groups is 1. The Morgan fingerprint density at radius 3 is 2.71 bits per heavy atom. The lowest BCUT2D eigenvalue weighted by atomic mass is 9.91. The quantitative estimate of drug-likeness (QED) is 0.745. The van der Waals surface area contributed by atoms with E-state index in [2.05, 4.69) is 36.6 Å². The molecule has 3 N–H and O–H groups in total. The van der Waals surface area contributed by atoms with Gasteiger partial charge in [0.25, 0.3) is 0 Å². The number of amides is 1. The van der Waals surface area contributed by atoms with Gasteiger partial charge in [0.2, 0.25) is 0 Å². The van der Waals surface area contributed by atoms with Gasteiger partial charge in [-0.15, -0.1) is 0 Å². The summed E-state index contributed by atoms with van der Waals surface area (Å²) in [5.41, 5.74) is 4.25. The molecule has 4 nitrogen and oxygen atoms in total. The van der Waals surface area contributed by atoms with E-state index < -0.39 is 6.09 Å². The Hall–Kier alpha value is -1.26. The van der Waals surface area contributed by atoms with Crippen LogP contribution in [-0.4, -0.2) is 30.8 Å². The molecule has 0 spiro atoms. The Balaban J connectivity index is 0.000000232. The maximum Gasteiger partial charge on any atom is 0.404 e. The molecular weight excluding hydrogens is 288 g/mol. The highest BCUT2D eigenvalue weighted by Crippen LogP contribution is 2.49.